The molecule has 0 aliphatic carbocycles. The number of allylic oxidation sites excluding steroid dienone is 12. The van der Waals surface area contributed by atoms with Crippen LogP contribution >= 0.6 is 15.6 Å². The van der Waals surface area contributed by atoms with E-state index >= 15 is 0 Å². The molecule has 0 aromatic heterocycles. The Bertz CT molecular complexity index is 2210. The van der Waals surface area contributed by atoms with Crippen molar-refractivity contribution < 1.29 is 80.2 Å². The molecule has 0 saturated heterocycles. The van der Waals surface area contributed by atoms with Crippen LogP contribution in [0.2, 0.25) is 0 Å². The second-order valence-corrected chi connectivity index (χ2v) is 30.6. The second kappa shape index (κ2) is 75.7. The van der Waals surface area contributed by atoms with Gasteiger partial charge >= 0.3 is 39.5 Å². The van der Waals surface area contributed by atoms with Crippen LogP contribution in [0.15, 0.2) is 72.9 Å². The molecule has 102 heavy (non-hydrogen) atoms. The van der Waals surface area contributed by atoms with Crippen LogP contribution in [0.3, 0.4) is 0 Å². The van der Waals surface area contributed by atoms with E-state index in [1.807, 2.05) is 0 Å². The van der Waals surface area contributed by atoms with Gasteiger partial charge in [-0.25, -0.2) is 9.13 Å². The first-order valence-corrected chi connectivity index (χ1v) is 44.2. The maximum Gasteiger partial charge on any atom is 0.472 e. The third-order valence-corrected chi connectivity index (χ3v) is 19.6. The lowest BCUT2D eigenvalue weighted by molar-refractivity contribution is -0.161. The lowest BCUT2D eigenvalue weighted by atomic mass is 10.0. The van der Waals surface area contributed by atoms with Crippen molar-refractivity contribution in [3.05, 3.63) is 72.9 Å². The van der Waals surface area contributed by atoms with Gasteiger partial charge in [0.2, 0.25) is 0 Å². The van der Waals surface area contributed by atoms with Crippen LogP contribution in [0.1, 0.15) is 374 Å². The number of phosphoric acid groups is 2. The van der Waals surface area contributed by atoms with E-state index in [1.54, 1.807) is 0 Å². The van der Waals surface area contributed by atoms with E-state index in [2.05, 4.69) is 101 Å². The van der Waals surface area contributed by atoms with Crippen molar-refractivity contribution in [1.29, 1.82) is 0 Å². The molecular weight excluding hydrogens is 1330 g/mol. The van der Waals surface area contributed by atoms with Gasteiger partial charge in [0, 0.05) is 25.7 Å². The SMILES string of the molecule is CC/C=C\C/C=C\C/C=C\CCCCCCCC(=O)OCC(COP(=O)(O)OCC(O)COP(=O)(O)OCC(COC(=O)CCCCCCCC/C=C\C/C=C\C/C=C\CCCCC)OC(=O)CCCCCCCCCCCCCCCCC)OC(=O)CCCCCCCCCCCCCCC. The number of hydrogen-bond donors (Lipinski definition) is 3. The average Bonchev–Trinajstić information content (AvgIpc) is 0.909. The highest BCUT2D eigenvalue weighted by molar-refractivity contribution is 7.47. The minimum atomic E-state index is -4.98. The maximum absolute atomic E-state index is 13.1. The molecule has 0 fully saturated rings. The molecule has 5 unspecified atom stereocenters. The minimum Gasteiger partial charge on any atom is -0.462 e. The average molecular weight is 1480 g/mol. The largest absolute Gasteiger partial charge is 0.472 e. The standard InChI is InChI=1S/C83H150O17P2/c1-5-9-13-17-21-25-29-33-36-37-38-39-42-45-48-52-56-60-64-68-81(86)94-74-79(100-83(88)70-66-62-58-54-50-46-41-35-31-27-23-19-15-11-7-3)76-98-102(91,92)96-72-77(84)71-95-101(89,90)97-75-78(99-82(87)69-65-61-57-53-49-43-32-28-24-20-16-12-8-4)73-93-80(85)67-63-59-55-51-47-44-40-34-30-26-22-18-14-10-6-2/h10,14,21-22,25-26,33-34,36,38-40,77-79,84H,5-9,11-13,15-20,23-24,27-32,35,37,41-76H2,1-4H3,(H,89,90)(H,91,92)/b14-10-,25-21-,26-22-,36-33-,39-38-,40-34-. The van der Waals surface area contributed by atoms with E-state index in [9.17, 15) is 43.2 Å². The van der Waals surface area contributed by atoms with Gasteiger partial charge in [0.25, 0.3) is 0 Å². The number of aliphatic hydroxyl groups is 1. The van der Waals surface area contributed by atoms with Crippen molar-refractivity contribution in [2.24, 2.45) is 0 Å². The molecule has 0 aliphatic rings. The predicted molar refractivity (Wildman–Crippen MR) is 418 cm³/mol. The van der Waals surface area contributed by atoms with Crippen LogP contribution in [0.25, 0.3) is 0 Å². The highest BCUT2D eigenvalue weighted by Crippen LogP contribution is 2.45. The van der Waals surface area contributed by atoms with Crippen LogP contribution in [-0.4, -0.2) is 96.7 Å². The number of aliphatic hydroxyl groups excluding tert-OH is 1. The van der Waals surface area contributed by atoms with Gasteiger partial charge < -0.3 is 33.8 Å². The molecule has 0 amide bonds. The van der Waals surface area contributed by atoms with E-state index in [4.69, 9.17) is 37.0 Å². The van der Waals surface area contributed by atoms with Gasteiger partial charge in [0.05, 0.1) is 26.4 Å². The fourth-order valence-corrected chi connectivity index (χ4v) is 13.0. The van der Waals surface area contributed by atoms with Crippen molar-refractivity contribution >= 4 is 39.5 Å². The number of esters is 4. The van der Waals surface area contributed by atoms with Gasteiger partial charge in [-0.05, 0) is 96.3 Å². The summed E-state index contributed by atoms with van der Waals surface area (Å²) in [6.07, 6.45) is 77.2. The highest BCUT2D eigenvalue weighted by Gasteiger charge is 2.30. The van der Waals surface area contributed by atoms with E-state index < -0.39 is 97.5 Å². The fraction of sp³-hybridized carbons (Fsp3) is 0.807. The van der Waals surface area contributed by atoms with Gasteiger partial charge in [-0.3, -0.25) is 37.3 Å². The Labute approximate surface area is 622 Å². The van der Waals surface area contributed by atoms with Crippen molar-refractivity contribution in [3.63, 3.8) is 0 Å². The molecule has 0 rings (SSSR count). The Hall–Kier alpha value is -3.50. The van der Waals surface area contributed by atoms with Crippen molar-refractivity contribution in [2.45, 2.75) is 393 Å². The first-order chi connectivity index (χ1) is 49.7. The van der Waals surface area contributed by atoms with Crippen LogP contribution < -0.4 is 0 Å². The number of carbonyl (C=O) groups is 4. The monoisotopic (exact) mass is 1480 g/mol. The molecule has 0 heterocycles. The Morgan fingerprint density at radius 3 is 0.804 bits per heavy atom. The highest BCUT2D eigenvalue weighted by atomic mass is 31.2. The summed E-state index contributed by atoms with van der Waals surface area (Å²) in [4.78, 5) is 73.1. The summed E-state index contributed by atoms with van der Waals surface area (Å²) in [5.41, 5.74) is 0. The first-order valence-electron chi connectivity index (χ1n) is 41.2. The van der Waals surface area contributed by atoms with Gasteiger partial charge in [-0.1, -0.05) is 325 Å². The van der Waals surface area contributed by atoms with Crippen LogP contribution in [-0.2, 0) is 65.4 Å². The molecule has 0 saturated carbocycles. The molecule has 0 aromatic carbocycles. The van der Waals surface area contributed by atoms with Gasteiger partial charge in [0.15, 0.2) is 12.2 Å². The molecule has 0 bridgehead atoms. The zero-order valence-electron chi connectivity index (χ0n) is 65.0. The van der Waals surface area contributed by atoms with Crippen LogP contribution in [0.4, 0.5) is 0 Å². The van der Waals surface area contributed by atoms with Crippen molar-refractivity contribution in [1.82, 2.24) is 0 Å². The normalized spacial score (nSPS) is 14.2. The summed E-state index contributed by atoms with van der Waals surface area (Å²) in [6, 6.07) is 0. The van der Waals surface area contributed by atoms with Crippen LogP contribution in [0.5, 0.6) is 0 Å². The number of rotatable bonds is 78. The van der Waals surface area contributed by atoms with Gasteiger partial charge in [0.1, 0.15) is 19.3 Å². The van der Waals surface area contributed by atoms with E-state index in [0.29, 0.717) is 25.7 Å². The summed E-state index contributed by atoms with van der Waals surface area (Å²) >= 11 is 0. The molecule has 0 radical (unpaired) electrons. The zero-order valence-corrected chi connectivity index (χ0v) is 66.8. The summed E-state index contributed by atoms with van der Waals surface area (Å²) in [6.45, 7) is 4.78. The van der Waals surface area contributed by atoms with Crippen molar-refractivity contribution in [2.75, 3.05) is 39.6 Å². The molecule has 5 atom stereocenters. The Morgan fingerprint density at radius 2 is 0.510 bits per heavy atom. The number of ether oxygens (including phenoxy) is 4. The van der Waals surface area contributed by atoms with E-state index in [1.165, 1.54) is 135 Å². The summed E-state index contributed by atoms with van der Waals surface area (Å²) in [5.74, 6) is -2.17. The number of carbonyl (C=O) groups excluding carboxylic acids is 4. The summed E-state index contributed by atoms with van der Waals surface area (Å²) in [7, 11) is -9.95. The molecule has 19 heteroatoms. The Morgan fingerprint density at radius 1 is 0.284 bits per heavy atom. The third-order valence-electron chi connectivity index (χ3n) is 17.7. The molecule has 0 aromatic rings. The number of unbranched alkanes of at least 4 members (excludes halogenated alkanes) is 40. The topological polar surface area (TPSA) is 237 Å². The summed E-state index contributed by atoms with van der Waals surface area (Å²) in [5, 5.41) is 10.6. The quantitative estimate of drug-likeness (QED) is 0.0169. The Balaban J connectivity index is 5.33. The fourth-order valence-electron chi connectivity index (χ4n) is 11.4. The first kappa shape index (κ1) is 98.5. The lowest BCUT2D eigenvalue weighted by Gasteiger charge is -2.21. The molecule has 17 nitrogen and oxygen atoms in total. The van der Waals surface area contributed by atoms with Crippen LogP contribution in [0, 0.1) is 0 Å². The minimum absolute atomic E-state index is 0.0965. The number of hydrogen-bond acceptors (Lipinski definition) is 15. The molecular formula is C83H150O17P2. The number of phosphoric ester groups is 2. The predicted octanol–water partition coefficient (Wildman–Crippen LogP) is 24.0. The smallest absolute Gasteiger partial charge is 0.462 e. The zero-order chi connectivity index (χ0) is 74.6. The van der Waals surface area contributed by atoms with Crippen molar-refractivity contribution in [3.8, 4) is 0 Å². The lowest BCUT2D eigenvalue weighted by Crippen LogP contribution is -2.30. The van der Waals surface area contributed by atoms with E-state index in [0.717, 1.165) is 161 Å². The molecule has 3 N–H and O–H groups in total. The Kier molecular flexibility index (Phi) is 73.1. The summed E-state index contributed by atoms with van der Waals surface area (Å²) < 4.78 is 68.7. The third kappa shape index (κ3) is 74.8. The van der Waals surface area contributed by atoms with Gasteiger partial charge in [-0.2, -0.15) is 0 Å². The second-order valence-electron chi connectivity index (χ2n) is 27.7. The molecule has 0 aliphatic heterocycles. The maximum atomic E-state index is 13.1. The molecule has 0 spiro atoms. The van der Waals surface area contributed by atoms with Gasteiger partial charge in [-0.15, -0.1) is 0 Å². The van der Waals surface area contributed by atoms with E-state index in [-0.39, 0.29) is 25.7 Å². The molecule has 594 valence electrons.